The van der Waals surface area contributed by atoms with Crippen LogP contribution in [0.1, 0.15) is 10.5 Å². The summed E-state index contributed by atoms with van der Waals surface area (Å²) < 4.78 is 27.9. The van der Waals surface area contributed by atoms with E-state index >= 15 is 0 Å². The Morgan fingerprint density at radius 2 is 1.47 bits per heavy atom. The van der Waals surface area contributed by atoms with Gasteiger partial charge in [0.25, 0.3) is 10.0 Å². The van der Waals surface area contributed by atoms with Gasteiger partial charge in [0.15, 0.2) is 5.69 Å². The Morgan fingerprint density at radius 1 is 0.833 bits per heavy atom. The van der Waals surface area contributed by atoms with Crippen LogP contribution < -0.4 is 0 Å². The Kier molecular flexibility index (Phi) is 5.28. The number of nitrogens with zero attached hydrogens (tertiary/aromatic N) is 1. The van der Waals surface area contributed by atoms with E-state index in [0.29, 0.717) is 16.0 Å². The molecule has 0 amide bonds. The van der Waals surface area contributed by atoms with E-state index in [1.165, 1.54) is 30.3 Å². The molecule has 0 aliphatic carbocycles. The molecule has 0 saturated carbocycles. The van der Waals surface area contributed by atoms with E-state index in [4.69, 9.17) is 34.8 Å². The molecule has 0 bridgehead atoms. The first-order chi connectivity index (χ1) is 14.2. The van der Waals surface area contributed by atoms with E-state index in [1.807, 2.05) is 0 Å². The number of carbonyl (C=O) groups is 1. The van der Waals surface area contributed by atoms with Crippen LogP contribution in [0.25, 0.3) is 22.0 Å². The number of fused-ring (bicyclic) bond motifs is 1. The lowest BCUT2D eigenvalue weighted by atomic mass is 10.0. The lowest BCUT2D eigenvalue weighted by molar-refractivity contribution is 0.0690. The number of carboxylic acid groups (broad SMARTS) is 1. The maximum atomic E-state index is 13.6. The van der Waals surface area contributed by atoms with Gasteiger partial charge in [-0.25, -0.2) is 17.2 Å². The molecule has 1 aromatic heterocycles. The Hall–Kier alpha value is -2.51. The summed E-state index contributed by atoms with van der Waals surface area (Å²) in [7, 11) is -4.36. The fourth-order valence-corrected chi connectivity index (χ4v) is 5.78. The molecule has 0 atom stereocenters. The minimum Gasteiger partial charge on any atom is -0.477 e. The third-order valence-corrected chi connectivity index (χ3v) is 6.89. The smallest absolute Gasteiger partial charge is 0.354 e. The van der Waals surface area contributed by atoms with Gasteiger partial charge in [0.1, 0.15) is 0 Å². The van der Waals surface area contributed by atoms with Crippen molar-refractivity contribution >= 4 is 61.7 Å². The standard InChI is InChI=1S/C21H12Cl3NO4S/c22-13-6-7-18-17(11-13)19(12-4-2-1-3-5-12)20(21(26)27)25(18)30(28,29)16-9-14(23)8-15(24)10-16/h1-11H,(H,26,27). The van der Waals surface area contributed by atoms with Gasteiger partial charge in [-0.05, 0) is 42.0 Å². The Balaban J connectivity index is 2.18. The monoisotopic (exact) mass is 479 g/mol. The van der Waals surface area contributed by atoms with Gasteiger partial charge < -0.3 is 5.11 Å². The van der Waals surface area contributed by atoms with Crippen LogP contribution in [0.4, 0.5) is 0 Å². The molecule has 1 N–H and O–H groups in total. The molecule has 0 aliphatic heterocycles. The molecule has 3 aromatic carbocycles. The zero-order chi connectivity index (χ0) is 21.6. The highest BCUT2D eigenvalue weighted by Gasteiger charge is 2.31. The minimum absolute atomic E-state index is 0.112. The van der Waals surface area contributed by atoms with E-state index in [0.717, 1.165) is 3.97 Å². The maximum Gasteiger partial charge on any atom is 0.354 e. The Bertz CT molecular complexity index is 1390. The average Bonchev–Trinajstić information content (AvgIpc) is 3.03. The van der Waals surface area contributed by atoms with Crippen molar-refractivity contribution in [2.24, 2.45) is 0 Å². The zero-order valence-corrected chi connectivity index (χ0v) is 18.1. The molecule has 0 aliphatic rings. The van der Waals surface area contributed by atoms with E-state index < -0.39 is 21.7 Å². The zero-order valence-electron chi connectivity index (χ0n) is 15.0. The fourth-order valence-electron chi connectivity index (χ4n) is 3.36. The number of benzene rings is 3. The summed E-state index contributed by atoms with van der Waals surface area (Å²) in [6, 6.07) is 17.0. The molecule has 9 heteroatoms. The molecule has 4 rings (SSSR count). The second-order valence-electron chi connectivity index (χ2n) is 6.43. The van der Waals surface area contributed by atoms with Crippen molar-refractivity contribution in [3.8, 4) is 11.1 Å². The van der Waals surface area contributed by atoms with Gasteiger partial charge in [-0.15, -0.1) is 0 Å². The van der Waals surface area contributed by atoms with Crippen LogP contribution in [0.15, 0.2) is 71.6 Å². The summed E-state index contributed by atoms with van der Waals surface area (Å²) in [5, 5.41) is 11.0. The van der Waals surface area contributed by atoms with Crippen LogP contribution in [-0.4, -0.2) is 23.5 Å². The first-order valence-electron chi connectivity index (χ1n) is 8.54. The molecular weight excluding hydrogens is 469 g/mol. The van der Waals surface area contributed by atoms with Gasteiger partial charge in [0.05, 0.1) is 10.4 Å². The van der Waals surface area contributed by atoms with Crippen LogP contribution in [-0.2, 0) is 10.0 Å². The van der Waals surface area contributed by atoms with E-state index in [2.05, 4.69) is 0 Å². The largest absolute Gasteiger partial charge is 0.477 e. The molecule has 0 spiro atoms. The van der Waals surface area contributed by atoms with Crippen molar-refractivity contribution in [2.45, 2.75) is 4.90 Å². The van der Waals surface area contributed by atoms with Crippen LogP contribution in [0.5, 0.6) is 0 Å². The van der Waals surface area contributed by atoms with Crippen molar-refractivity contribution < 1.29 is 18.3 Å². The molecule has 0 fully saturated rings. The van der Waals surface area contributed by atoms with E-state index in [9.17, 15) is 18.3 Å². The minimum atomic E-state index is -4.36. The van der Waals surface area contributed by atoms with Crippen molar-refractivity contribution in [3.63, 3.8) is 0 Å². The Labute approximate surface area is 187 Å². The third kappa shape index (κ3) is 3.46. The summed E-state index contributed by atoms with van der Waals surface area (Å²) in [4.78, 5) is 12.1. The third-order valence-electron chi connectivity index (χ3n) is 4.53. The molecule has 4 aromatic rings. The molecule has 152 valence electrons. The lowest BCUT2D eigenvalue weighted by Crippen LogP contribution is -2.19. The number of carboxylic acids is 1. The number of hydrogen-bond donors (Lipinski definition) is 1. The molecule has 0 radical (unpaired) electrons. The van der Waals surface area contributed by atoms with Crippen molar-refractivity contribution in [1.82, 2.24) is 3.97 Å². The summed E-state index contributed by atoms with van der Waals surface area (Å²) >= 11 is 18.1. The van der Waals surface area contributed by atoms with E-state index in [-0.39, 0.29) is 26.0 Å². The van der Waals surface area contributed by atoms with Crippen molar-refractivity contribution in [2.75, 3.05) is 0 Å². The van der Waals surface area contributed by atoms with Gasteiger partial charge >= 0.3 is 5.97 Å². The predicted octanol–water partition coefficient (Wildman–Crippen LogP) is 6.20. The van der Waals surface area contributed by atoms with Crippen molar-refractivity contribution in [3.05, 3.63) is 87.5 Å². The quantitative estimate of drug-likeness (QED) is 0.377. The summed E-state index contributed by atoms with van der Waals surface area (Å²) in [6.45, 7) is 0. The normalized spacial score (nSPS) is 11.7. The summed E-state index contributed by atoms with van der Waals surface area (Å²) in [5.74, 6) is -1.40. The van der Waals surface area contributed by atoms with Crippen LogP contribution in [0.3, 0.4) is 0 Å². The highest BCUT2D eigenvalue weighted by Crippen LogP contribution is 2.39. The average molecular weight is 481 g/mol. The maximum absolute atomic E-state index is 13.6. The number of rotatable bonds is 4. The summed E-state index contributed by atoms with van der Waals surface area (Å²) in [6.07, 6.45) is 0. The fraction of sp³-hybridized carbons (Fsp3) is 0. The summed E-state index contributed by atoms with van der Waals surface area (Å²) in [5.41, 5.74) is 0.554. The number of aromatic carboxylic acids is 1. The van der Waals surface area contributed by atoms with Crippen LogP contribution in [0, 0.1) is 0 Å². The highest BCUT2D eigenvalue weighted by atomic mass is 35.5. The highest BCUT2D eigenvalue weighted by molar-refractivity contribution is 7.90. The molecule has 0 unspecified atom stereocenters. The first kappa shape index (κ1) is 20.8. The molecule has 0 saturated heterocycles. The van der Waals surface area contributed by atoms with Crippen LogP contribution in [0.2, 0.25) is 15.1 Å². The van der Waals surface area contributed by atoms with Gasteiger partial charge in [-0.3, -0.25) is 0 Å². The number of halogens is 3. The Morgan fingerprint density at radius 3 is 2.07 bits per heavy atom. The molecule has 1 heterocycles. The van der Waals surface area contributed by atoms with Gasteiger partial charge in [-0.1, -0.05) is 65.1 Å². The second kappa shape index (κ2) is 7.63. The van der Waals surface area contributed by atoms with Gasteiger partial charge in [-0.2, -0.15) is 0 Å². The van der Waals surface area contributed by atoms with Gasteiger partial charge in [0, 0.05) is 26.0 Å². The first-order valence-corrected chi connectivity index (χ1v) is 11.1. The van der Waals surface area contributed by atoms with Crippen LogP contribution >= 0.6 is 34.8 Å². The lowest BCUT2D eigenvalue weighted by Gasteiger charge is -2.11. The number of hydrogen-bond acceptors (Lipinski definition) is 3. The second-order valence-corrected chi connectivity index (χ2v) is 9.53. The molecule has 30 heavy (non-hydrogen) atoms. The van der Waals surface area contributed by atoms with Crippen molar-refractivity contribution in [1.29, 1.82) is 0 Å². The molecule has 5 nitrogen and oxygen atoms in total. The topological polar surface area (TPSA) is 76.4 Å². The number of aromatic nitrogens is 1. The molecular formula is C21H12Cl3NO4S. The predicted molar refractivity (Wildman–Crippen MR) is 118 cm³/mol. The van der Waals surface area contributed by atoms with E-state index in [1.54, 1.807) is 36.4 Å². The SMILES string of the molecule is O=C(O)c1c(-c2ccccc2)c2cc(Cl)ccc2n1S(=O)(=O)c1cc(Cl)cc(Cl)c1. The van der Waals surface area contributed by atoms with Gasteiger partial charge in [0.2, 0.25) is 0 Å².